The van der Waals surface area contributed by atoms with Crippen LogP contribution >= 0.6 is 0 Å². The molecule has 1 fully saturated rings. The summed E-state index contributed by atoms with van der Waals surface area (Å²) in [5.74, 6) is -27.3. The van der Waals surface area contributed by atoms with Crippen LogP contribution in [-0.2, 0) is 0 Å². The van der Waals surface area contributed by atoms with Crippen LogP contribution in [0.4, 0.5) is 52.7 Å². The van der Waals surface area contributed by atoms with E-state index in [1.165, 1.54) is 0 Å². The Balaban J connectivity index is 2.32. The van der Waals surface area contributed by atoms with Gasteiger partial charge in [-0.05, 0) is 25.0 Å². The molecule has 1 aliphatic carbocycles. The molecule has 3 aromatic carbocycles. The first-order chi connectivity index (χ1) is 21.5. The van der Waals surface area contributed by atoms with E-state index in [0.29, 0.717) is 13.8 Å². The summed E-state index contributed by atoms with van der Waals surface area (Å²) >= 11 is 0. The standard InChI is InChI=1S/C30H6F12N4/c1-7(14-25(37)19(31)8(2)20(32)26(14)38)13-15(9(3-43)17-27(39)21(33)11(5-45)22(34)28(17)40)16(13)10(4-44)18-29(41)23(35)12(6-46)24(36)30(18)42/h1-2H3. The van der Waals surface area contributed by atoms with Gasteiger partial charge in [-0.25, -0.2) is 52.7 Å². The van der Waals surface area contributed by atoms with E-state index < -0.39 is 137 Å². The lowest BCUT2D eigenvalue weighted by Crippen LogP contribution is -2.06. The number of halogens is 12. The van der Waals surface area contributed by atoms with Gasteiger partial charge in [-0.15, -0.1) is 0 Å². The molecule has 0 amide bonds. The topological polar surface area (TPSA) is 95.2 Å². The average Bonchev–Trinajstić information content (AvgIpc) is 3.76. The normalized spacial score (nSPS) is 14.3. The summed E-state index contributed by atoms with van der Waals surface area (Å²) in [6.45, 7) is 1.25. The van der Waals surface area contributed by atoms with Gasteiger partial charge in [0.05, 0.1) is 27.8 Å². The summed E-state index contributed by atoms with van der Waals surface area (Å²) in [6, 6.07) is 3.78. The van der Waals surface area contributed by atoms with Crippen molar-refractivity contribution in [3.05, 3.63) is 120 Å². The van der Waals surface area contributed by atoms with Crippen molar-refractivity contribution in [3.63, 3.8) is 0 Å². The highest BCUT2D eigenvalue weighted by atomic mass is 19.2. The second kappa shape index (κ2) is 11.5. The van der Waals surface area contributed by atoms with Crippen molar-refractivity contribution in [3.8, 4) is 24.3 Å². The Bertz CT molecular complexity index is 2030. The SMILES string of the molecule is CC(=C1C(=C(C#N)c2c(F)c(F)c(C#N)c(F)c2F)C1=C(C#N)c1c(F)c(F)c(C#N)c(F)c1F)c1c(F)c(F)c(C)c(F)c1F. The summed E-state index contributed by atoms with van der Waals surface area (Å²) in [6.07, 6.45) is 0. The summed E-state index contributed by atoms with van der Waals surface area (Å²) < 4.78 is 177. The first-order valence-corrected chi connectivity index (χ1v) is 11.9. The van der Waals surface area contributed by atoms with E-state index in [2.05, 4.69) is 0 Å². The monoisotopic (exact) mass is 650 g/mol. The zero-order valence-corrected chi connectivity index (χ0v) is 22.3. The number of hydrogen-bond acceptors (Lipinski definition) is 4. The molecule has 0 N–H and O–H groups in total. The van der Waals surface area contributed by atoms with Gasteiger partial charge in [0.1, 0.15) is 35.4 Å². The molecule has 0 heterocycles. The van der Waals surface area contributed by atoms with Crippen molar-refractivity contribution in [1.82, 2.24) is 0 Å². The molecule has 0 spiro atoms. The minimum atomic E-state index is -2.42. The van der Waals surface area contributed by atoms with E-state index in [1.54, 1.807) is 0 Å². The zero-order chi connectivity index (χ0) is 34.7. The lowest BCUT2D eigenvalue weighted by Gasteiger charge is -2.10. The smallest absolute Gasteiger partial charge is 0.180 e. The number of benzene rings is 3. The number of rotatable bonds is 3. The molecule has 1 saturated carbocycles. The molecule has 0 aromatic heterocycles. The van der Waals surface area contributed by atoms with Crippen molar-refractivity contribution >= 4 is 16.7 Å². The largest absolute Gasteiger partial charge is 0.203 e. The first-order valence-electron chi connectivity index (χ1n) is 11.9. The molecular formula is C30H6F12N4. The molecule has 0 radical (unpaired) electrons. The van der Waals surface area contributed by atoms with Crippen molar-refractivity contribution in [2.24, 2.45) is 0 Å². The minimum Gasteiger partial charge on any atom is -0.203 e. The predicted molar refractivity (Wildman–Crippen MR) is 131 cm³/mol. The maximum atomic E-state index is 15.0. The Morgan fingerprint density at radius 1 is 0.413 bits per heavy atom. The van der Waals surface area contributed by atoms with Crippen LogP contribution in [0.15, 0.2) is 16.7 Å². The number of nitrogens with zero attached hydrogens (tertiary/aromatic N) is 4. The van der Waals surface area contributed by atoms with E-state index in [4.69, 9.17) is 10.5 Å². The first kappa shape index (κ1) is 32.9. The van der Waals surface area contributed by atoms with Gasteiger partial charge in [-0.2, -0.15) is 21.0 Å². The maximum absolute atomic E-state index is 15.0. The molecule has 4 rings (SSSR count). The van der Waals surface area contributed by atoms with E-state index in [9.17, 15) is 45.6 Å². The lowest BCUT2D eigenvalue weighted by molar-refractivity contribution is 0.441. The summed E-state index contributed by atoms with van der Waals surface area (Å²) in [5.41, 5.74) is -17.8. The van der Waals surface area contributed by atoms with Crippen LogP contribution in [0.3, 0.4) is 0 Å². The Labute approximate surface area is 248 Å². The van der Waals surface area contributed by atoms with Crippen LogP contribution in [0.1, 0.15) is 40.3 Å². The molecule has 1 aliphatic rings. The second-order valence-electron chi connectivity index (χ2n) is 9.22. The Morgan fingerprint density at radius 2 is 0.696 bits per heavy atom. The van der Waals surface area contributed by atoms with Crippen LogP contribution in [-0.4, -0.2) is 0 Å². The minimum absolute atomic E-state index is 0.623. The summed E-state index contributed by atoms with van der Waals surface area (Å²) in [7, 11) is 0. The fraction of sp³-hybridized carbons (Fsp3) is 0.0667. The molecule has 0 aliphatic heterocycles. The van der Waals surface area contributed by atoms with Gasteiger partial charge >= 0.3 is 0 Å². The molecule has 4 nitrogen and oxygen atoms in total. The van der Waals surface area contributed by atoms with E-state index in [0.717, 1.165) is 24.3 Å². The molecule has 230 valence electrons. The van der Waals surface area contributed by atoms with Gasteiger partial charge in [-0.3, -0.25) is 0 Å². The fourth-order valence-corrected chi connectivity index (χ4v) is 4.63. The zero-order valence-electron chi connectivity index (χ0n) is 22.3. The van der Waals surface area contributed by atoms with Crippen molar-refractivity contribution in [2.45, 2.75) is 13.8 Å². The van der Waals surface area contributed by atoms with Crippen molar-refractivity contribution in [1.29, 1.82) is 21.0 Å². The Morgan fingerprint density at radius 3 is 0.957 bits per heavy atom. The number of allylic oxidation sites excluding steroid dienone is 6. The molecule has 0 atom stereocenters. The molecule has 0 bridgehead atoms. The Hall–Kier alpha value is -6.00. The summed E-state index contributed by atoms with van der Waals surface area (Å²) in [5, 5.41) is 37.3. The third-order valence-corrected chi connectivity index (χ3v) is 6.89. The van der Waals surface area contributed by atoms with Gasteiger partial charge in [0.15, 0.2) is 69.8 Å². The highest BCUT2D eigenvalue weighted by molar-refractivity contribution is 6.10. The predicted octanol–water partition coefficient (Wildman–Crippen LogP) is 8.15. The highest BCUT2D eigenvalue weighted by Crippen LogP contribution is 2.57. The van der Waals surface area contributed by atoms with Crippen molar-refractivity contribution < 1.29 is 52.7 Å². The van der Waals surface area contributed by atoms with Gasteiger partial charge in [0, 0.05) is 16.7 Å². The molecular weight excluding hydrogens is 644 g/mol. The molecule has 46 heavy (non-hydrogen) atoms. The lowest BCUT2D eigenvalue weighted by atomic mass is 9.99. The van der Waals surface area contributed by atoms with Crippen LogP contribution in [0.2, 0.25) is 0 Å². The third kappa shape index (κ3) is 4.46. The molecule has 0 saturated heterocycles. The van der Waals surface area contributed by atoms with Gasteiger partial charge in [0.2, 0.25) is 0 Å². The quantitative estimate of drug-likeness (QED) is 0.162. The van der Waals surface area contributed by atoms with Crippen LogP contribution < -0.4 is 0 Å². The highest BCUT2D eigenvalue weighted by Gasteiger charge is 2.45. The molecule has 3 aromatic rings. The summed E-state index contributed by atoms with van der Waals surface area (Å²) in [4.78, 5) is 0. The molecule has 0 unspecified atom stereocenters. The fourth-order valence-electron chi connectivity index (χ4n) is 4.63. The van der Waals surface area contributed by atoms with Gasteiger partial charge < -0.3 is 0 Å². The third-order valence-electron chi connectivity index (χ3n) is 6.89. The van der Waals surface area contributed by atoms with E-state index in [-0.39, 0.29) is 0 Å². The van der Waals surface area contributed by atoms with Crippen LogP contribution in [0.25, 0.3) is 16.7 Å². The average molecular weight is 650 g/mol. The van der Waals surface area contributed by atoms with Crippen LogP contribution in [0.5, 0.6) is 0 Å². The van der Waals surface area contributed by atoms with E-state index in [1.807, 2.05) is 0 Å². The van der Waals surface area contributed by atoms with Crippen LogP contribution in [0, 0.1) is 122 Å². The number of hydrogen-bond donors (Lipinski definition) is 0. The van der Waals surface area contributed by atoms with E-state index >= 15 is 17.6 Å². The van der Waals surface area contributed by atoms with Crippen molar-refractivity contribution in [2.75, 3.05) is 0 Å². The number of nitriles is 4. The Kier molecular flexibility index (Phi) is 8.22. The maximum Gasteiger partial charge on any atom is 0.180 e. The molecule has 16 heteroatoms. The van der Waals surface area contributed by atoms with Gasteiger partial charge in [0.25, 0.3) is 0 Å². The van der Waals surface area contributed by atoms with Gasteiger partial charge in [-0.1, -0.05) is 0 Å². The second-order valence-corrected chi connectivity index (χ2v) is 9.22.